The fraction of sp³-hybridized carbons (Fsp3) is 0.167. The van der Waals surface area contributed by atoms with Crippen LogP contribution >= 0.6 is 0 Å². The molecule has 0 aliphatic rings. The average molecular weight is 231 g/mol. The number of nitrogen functional groups attached to an aromatic ring is 1. The molecule has 2 aromatic rings. The molecule has 2 rings (SSSR count). The van der Waals surface area contributed by atoms with E-state index in [0.717, 1.165) is 5.56 Å². The summed E-state index contributed by atoms with van der Waals surface area (Å²) in [6, 6.07) is 9.40. The molecular formula is C12H13N3O2. The van der Waals surface area contributed by atoms with Crippen molar-refractivity contribution in [3.8, 4) is 11.1 Å². The molecule has 5 heteroatoms. The predicted octanol–water partition coefficient (Wildman–Crippen LogP) is 1.46. The Morgan fingerprint density at radius 2 is 2.00 bits per heavy atom. The van der Waals surface area contributed by atoms with E-state index >= 15 is 0 Å². The first-order chi connectivity index (χ1) is 8.15. The number of nitrogens with two attached hydrogens (primary N) is 1. The number of carbonyl (C=O) groups is 1. The lowest BCUT2D eigenvalue weighted by Crippen LogP contribution is -2.04. The summed E-state index contributed by atoms with van der Waals surface area (Å²) < 4.78 is 6.16. The van der Waals surface area contributed by atoms with E-state index in [2.05, 4.69) is 5.10 Å². The van der Waals surface area contributed by atoms with Gasteiger partial charge in [0, 0.05) is 7.05 Å². The van der Waals surface area contributed by atoms with Crippen molar-refractivity contribution in [3.05, 3.63) is 36.0 Å². The number of aryl methyl sites for hydroxylation is 1. The third kappa shape index (κ3) is 1.87. The number of nitrogens with zero attached hydrogens (tertiary/aromatic N) is 2. The zero-order chi connectivity index (χ0) is 12.4. The van der Waals surface area contributed by atoms with Gasteiger partial charge in [-0.15, -0.1) is 0 Å². The molecule has 0 saturated carbocycles. The van der Waals surface area contributed by atoms with E-state index < -0.39 is 5.97 Å². The molecule has 0 fully saturated rings. The van der Waals surface area contributed by atoms with Crippen LogP contribution in [0.15, 0.2) is 30.3 Å². The van der Waals surface area contributed by atoms with Crippen molar-refractivity contribution >= 4 is 11.8 Å². The molecule has 0 amide bonds. The number of ether oxygens (including phenoxy) is 1. The summed E-state index contributed by atoms with van der Waals surface area (Å²) in [6.07, 6.45) is 0. The predicted molar refractivity (Wildman–Crippen MR) is 64.4 cm³/mol. The lowest BCUT2D eigenvalue weighted by atomic mass is 10.1. The molecular weight excluding hydrogens is 218 g/mol. The number of hydrogen-bond acceptors (Lipinski definition) is 4. The molecule has 0 aliphatic carbocycles. The Bertz CT molecular complexity index is 546. The van der Waals surface area contributed by atoms with E-state index in [4.69, 9.17) is 10.5 Å². The maximum atomic E-state index is 11.6. The normalized spacial score (nSPS) is 10.2. The van der Waals surface area contributed by atoms with Gasteiger partial charge in [-0.25, -0.2) is 4.79 Å². The third-order valence-corrected chi connectivity index (χ3v) is 2.53. The molecule has 0 bridgehead atoms. The maximum Gasteiger partial charge on any atom is 0.359 e. The SMILES string of the molecule is COC(=O)c1nn(C)c(N)c1-c1ccccc1. The molecule has 0 saturated heterocycles. The van der Waals surface area contributed by atoms with Crippen molar-refractivity contribution < 1.29 is 9.53 Å². The van der Waals surface area contributed by atoms with Crippen LogP contribution in [0.1, 0.15) is 10.5 Å². The van der Waals surface area contributed by atoms with Gasteiger partial charge in [0.25, 0.3) is 0 Å². The second-order valence-corrected chi connectivity index (χ2v) is 3.59. The van der Waals surface area contributed by atoms with Crippen LogP contribution in [0.4, 0.5) is 5.82 Å². The van der Waals surface area contributed by atoms with Crippen LogP contribution in [0, 0.1) is 0 Å². The van der Waals surface area contributed by atoms with Crippen LogP contribution in [0.2, 0.25) is 0 Å². The minimum atomic E-state index is -0.490. The number of hydrogen-bond donors (Lipinski definition) is 1. The van der Waals surface area contributed by atoms with E-state index in [1.807, 2.05) is 30.3 Å². The minimum absolute atomic E-state index is 0.235. The van der Waals surface area contributed by atoms with Gasteiger partial charge in [-0.3, -0.25) is 4.68 Å². The summed E-state index contributed by atoms with van der Waals surface area (Å²) in [5.41, 5.74) is 7.61. The smallest absolute Gasteiger partial charge is 0.359 e. The third-order valence-electron chi connectivity index (χ3n) is 2.53. The van der Waals surface area contributed by atoms with Crippen molar-refractivity contribution in [3.63, 3.8) is 0 Å². The van der Waals surface area contributed by atoms with Crippen molar-refractivity contribution in [1.82, 2.24) is 9.78 Å². The summed E-state index contributed by atoms with van der Waals surface area (Å²) in [6.45, 7) is 0. The van der Waals surface area contributed by atoms with E-state index in [9.17, 15) is 4.79 Å². The Hall–Kier alpha value is -2.30. The van der Waals surface area contributed by atoms with Crippen LogP contribution in [-0.2, 0) is 11.8 Å². The standard InChI is InChI=1S/C12H13N3O2/c1-15-11(13)9(8-6-4-3-5-7-8)10(14-15)12(16)17-2/h3-7H,13H2,1-2H3. The highest BCUT2D eigenvalue weighted by Gasteiger charge is 2.21. The molecule has 0 spiro atoms. The van der Waals surface area contributed by atoms with Gasteiger partial charge in [0.1, 0.15) is 5.82 Å². The Labute approximate surface area is 98.8 Å². The average Bonchev–Trinajstić information content (AvgIpc) is 2.66. The minimum Gasteiger partial charge on any atom is -0.464 e. The quantitative estimate of drug-likeness (QED) is 0.794. The number of carbonyl (C=O) groups excluding carboxylic acids is 1. The van der Waals surface area contributed by atoms with Gasteiger partial charge in [0.15, 0.2) is 5.69 Å². The molecule has 0 aliphatic heterocycles. The van der Waals surface area contributed by atoms with Crippen molar-refractivity contribution in [2.75, 3.05) is 12.8 Å². The highest BCUT2D eigenvalue weighted by atomic mass is 16.5. The maximum absolute atomic E-state index is 11.6. The lowest BCUT2D eigenvalue weighted by molar-refractivity contribution is 0.0594. The molecule has 1 aromatic heterocycles. The number of rotatable bonds is 2. The molecule has 0 unspecified atom stereocenters. The highest BCUT2D eigenvalue weighted by molar-refractivity contribution is 5.98. The van der Waals surface area contributed by atoms with E-state index in [1.54, 1.807) is 7.05 Å². The number of methoxy groups -OCH3 is 1. The van der Waals surface area contributed by atoms with Gasteiger partial charge in [0.05, 0.1) is 12.7 Å². The summed E-state index contributed by atoms with van der Waals surface area (Å²) >= 11 is 0. The first kappa shape index (κ1) is 11.2. The monoisotopic (exact) mass is 231 g/mol. The number of anilines is 1. The van der Waals surface area contributed by atoms with Crippen molar-refractivity contribution in [2.45, 2.75) is 0 Å². The van der Waals surface area contributed by atoms with Gasteiger partial charge in [-0.1, -0.05) is 30.3 Å². The Morgan fingerprint density at radius 1 is 1.35 bits per heavy atom. The van der Waals surface area contributed by atoms with Crippen LogP contribution in [-0.4, -0.2) is 22.9 Å². The Balaban J connectivity index is 2.64. The van der Waals surface area contributed by atoms with E-state index in [0.29, 0.717) is 11.4 Å². The van der Waals surface area contributed by atoms with Gasteiger partial charge in [-0.05, 0) is 5.56 Å². The summed E-state index contributed by atoms with van der Waals surface area (Å²) in [5, 5.41) is 4.07. The fourth-order valence-electron chi connectivity index (χ4n) is 1.67. The van der Waals surface area contributed by atoms with Crippen molar-refractivity contribution in [2.24, 2.45) is 7.05 Å². The zero-order valence-corrected chi connectivity index (χ0v) is 9.68. The van der Waals surface area contributed by atoms with Crippen LogP contribution in [0.25, 0.3) is 11.1 Å². The first-order valence-corrected chi connectivity index (χ1v) is 5.11. The summed E-state index contributed by atoms with van der Waals surface area (Å²) in [7, 11) is 3.01. The van der Waals surface area contributed by atoms with Crippen LogP contribution in [0.5, 0.6) is 0 Å². The number of benzene rings is 1. The van der Waals surface area contributed by atoms with E-state index in [-0.39, 0.29) is 5.69 Å². The largest absolute Gasteiger partial charge is 0.464 e. The van der Waals surface area contributed by atoms with Crippen LogP contribution in [0.3, 0.4) is 0 Å². The molecule has 17 heavy (non-hydrogen) atoms. The molecule has 2 N–H and O–H groups in total. The molecule has 0 radical (unpaired) electrons. The summed E-state index contributed by atoms with van der Waals surface area (Å²) in [4.78, 5) is 11.6. The fourth-order valence-corrected chi connectivity index (χ4v) is 1.67. The zero-order valence-electron chi connectivity index (χ0n) is 9.68. The van der Waals surface area contributed by atoms with Gasteiger partial charge < -0.3 is 10.5 Å². The molecule has 0 atom stereocenters. The summed E-state index contributed by atoms with van der Waals surface area (Å²) in [5.74, 6) is -0.0484. The Morgan fingerprint density at radius 3 is 2.59 bits per heavy atom. The van der Waals surface area contributed by atoms with Crippen LogP contribution < -0.4 is 5.73 Å². The second-order valence-electron chi connectivity index (χ2n) is 3.59. The van der Waals surface area contributed by atoms with E-state index in [1.165, 1.54) is 11.8 Å². The van der Waals surface area contributed by atoms with Gasteiger partial charge in [0.2, 0.25) is 0 Å². The van der Waals surface area contributed by atoms with Crippen molar-refractivity contribution in [1.29, 1.82) is 0 Å². The molecule has 88 valence electrons. The van der Waals surface area contributed by atoms with Gasteiger partial charge in [-0.2, -0.15) is 5.10 Å². The molecule has 1 heterocycles. The number of aromatic nitrogens is 2. The topological polar surface area (TPSA) is 70.1 Å². The molecule has 5 nitrogen and oxygen atoms in total. The number of esters is 1. The highest BCUT2D eigenvalue weighted by Crippen LogP contribution is 2.29. The Kier molecular flexibility index (Phi) is 2.82. The molecule has 1 aromatic carbocycles. The first-order valence-electron chi connectivity index (χ1n) is 5.11. The lowest BCUT2D eigenvalue weighted by Gasteiger charge is -2.02. The van der Waals surface area contributed by atoms with Gasteiger partial charge >= 0.3 is 5.97 Å². The second kappa shape index (κ2) is 4.29.